The van der Waals surface area contributed by atoms with Gasteiger partial charge in [-0.15, -0.1) is 0 Å². The molecule has 2 rings (SSSR count). The summed E-state index contributed by atoms with van der Waals surface area (Å²) in [4.78, 5) is 12.3. The summed E-state index contributed by atoms with van der Waals surface area (Å²) >= 11 is 0. The highest BCUT2D eigenvalue weighted by Crippen LogP contribution is 2.18. The predicted octanol–water partition coefficient (Wildman–Crippen LogP) is 1.32. The monoisotopic (exact) mass is 246 g/mol. The van der Waals surface area contributed by atoms with Crippen LogP contribution in [-0.4, -0.2) is 26.1 Å². The Bertz CT molecular complexity index is 479. The molecule has 6 nitrogen and oxygen atoms in total. The molecule has 6 heteroatoms. The van der Waals surface area contributed by atoms with Gasteiger partial charge in [-0.1, -0.05) is 13.3 Å². The molecule has 0 radical (unpaired) electrons. The summed E-state index contributed by atoms with van der Waals surface area (Å²) in [6, 6.07) is 0. The van der Waals surface area contributed by atoms with E-state index in [-0.39, 0.29) is 0 Å². The van der Waals surface area contributed by atoms with E-state index in [9.17, 15) is 0 Å². The Kier molecular flexibility index (Phi) is 4.11. The van der Waals surface area contributed by atoms with E-state index in [0.717, 1.165) is 37.3 Å². The number of anilines is 2. The molecule has 0 atom stereocenters. The lowest BCUT2D eigenvalue weighted by Crippen LogP contribution is -2.13. The molecule has 0 bridgehead atoms. The number of nitrogens with two attached hydrogens (primary N) is 1. The van der Waals surface area contributed by atoms with Crippen molar-refractivity contribution < 1.29 is 0 Å². The molecule has 0 fully saturated rings. The Hall–Kier alpha value is -2.11. The SMILES string of the molecule is CCCc1c(N)ncnc1NCCn1ccnc1. The van der Waals surface area contributed by atoms with Crippen LogP contribution >= 0.6 is 0 Å². The maximum absolute atomic E-state index is 5.87. The van der Waals surface area contributed by atoms with Crippen LogP contribution in [0.5, 0.6) is 0 Å². The van der Waals surface area contributed by atoms with Crippen molar-refractivity contribution in [3.05, 3.63) is 30.6 Å². The van der Waals surface area contributed by atoms with Crippen molar-refractivity contribution >= 4 is 11.6 Å². The molecule has 0 aromatic carbocycles. The summed E-state index contributed by atoms with van der Waals surface area (Å²) in [6.45, 7) is 3.74. The number of nitrogens with zero attached hydrogens (tertiary/aromatic N) is 4. The van der Waals surface area contributed by atoms with Crippen LogP contribution in [0, 0.1) is 0 Å². The fourth-order valence-corrected chi connectivity index (χ4v) is 1.80. The molecule has 0 aliphatic heterocycles. The molecule has 0 spiro atoms. The topological polar surface area (TPSA) is 81.6 Å². The van der Waals surface area contributed by atoms with E-state index < -0.39 is 0 Å². The lowest BCUT2D eigenvalue weighted by atomic mass is 10.1. The quantitative estimate of drug-likeness (QED) is 0.803. The van der Waals surface area contributed by atoms with Gasteiger partial charge in [-0.05, 0) is 6.42 Å². The second-order valence-corrected chi connectivity index (χ2v) is 4.06. The molecule has 0 amide bonds. The zero-order valence-corrected chi connectivity index (χ0v) is 10.5. The molecule has 2 aromatic heterocycles. The van der Waals surface area contributed by atoms with E-state index in [1.807, 2.05) is 10.8 Å². The van der Waals surface area contributed by atoms with Crippen LogP contribution in [0.15, 0.2) is 25.0 Å². The minimum Gasteiger partial charge on any atom is -0.383 e. The van der Waals surface area contributed by atoms with E-state index in [1.54, 1.807) is 12.5 Å². The Morgan fingerprint density at radius 3 is 3.00 bits per heavy atom. The predicted molar refractivity (Wildman–Crippen MR) is 71.2 cm³/mol. The maximum atomic E-state index is 5.87. The molecule has 96 valence electrons. The van der Waals surface area contributed by atoms with Crippen molar-refractivity contribution in [1.29, 1.82) is 0 Å². The second-order valence-electron chi connectivity index (χ2n) is 4.06. The van der Waals surface area contributed by atoms with Crippen molar-refractivity contribution in [2.75, 3.05) is 17.6 Å². The third-order valence-corrected chi connectivity index (χ3v) is 2.70. The van der Waals surface area contributed by atoms with Crippen molar-refractivity contribution in [3.63, 3.8) is 0 Å². The molecular formula is C12H18N6. The third-order valence-electron chi connectivity index (χ3n) is 2.70. The van der Waals surface area contributed by atoms with E-state index in [0.29, 0.717) is 5.82 Å². The van der Waals surface area contributed by atoms with Gasteiger partial charge >= 0.3 is 0 Å². The molecular weight excluding hydrogens is 228 g/mol. The first kappa shape index (κ1) is 12.3. The summed E-state index contributed by atoms with van der Waals surface area (Å²) in [6.07, 6.45) is 8.90. The Balaban J connectivity index is 1.98. The molecule has 0 unspecified atom stereocenters. The average molecular weight is 246 g/mol. The lowest BCUT2D eigenvalue weighted by molar-refractivity contribution is 0.723. The zero-order chi connectivity index (χ0) is 12.8. The first-order valence-corrected chi connectivity index (χ1v) is 6.10. The first-order valence-electron chi connectivity index (χ1n) is 6.10. The smallest absolute Gasteiger partial charge is 0.134 e. The van der Waals surface area contributed by atoms with Gasteiger partial charge in [0.25, 0.3) is 0 Å². The van der Waals surface area contributed by atoms with Crippen LogP contribution in [0.25, 0.3) is 0 Å². The van der Waals surface area contributed by atoms with Crippen LogP contribution in [0.2, 0.25) is 0 Å². The highest BCUT2D eigenvalue weighted by molar-refractivity contribution is 5.54. The molecule has 3 N–H and O–H groups in total. The van der Waals surface area contributed by atoms with Crippen molar-refractivity contribution in [3.8, 4) is 0 Å². The normalized spacial score (nSPS) is 10.5. The molecule has 2 heterocycles. The number of rotatable bonds is 6. The van der Waals surface area contributed by atoms with Gasteiger partial charge in [-0.2, -0.15) is 0 Å². The summed E-state index contributed by atoms with van der Waals surface area (Å²) in [5.74, 6) is 1.40. The van der Waals surface area contributed by atoms with Crippen LogP contribution in [-0.2, 0) is 13.0 Å². The largest absolute Gasteiger partial charge is 0.383 e. The standard InChI is InChI=1S/C12H18N6/c1-2-3-10-11(13)16-8-17-12(10)15-5-7-18-6-4-14-9-18/h4,6,8-9H,2-3,5,7H2,1H3,(H3,13,15,16,17). The van der Waals surface area contributed by atoms with Crippen LogP contribution in [0.1, 0.15) is 18.9 Å². The Labute approximate surface area is 106 Å². The molecule has 0 aliphatic carbocycles. The molecule has 18 heavy (non-hydrogen) atoms. The van der Waals surface area contributed by atoms with Gasteiger partial charge in [0, 0.05) is 31.0 Å². The molecule has 0 saturated heterocycles. The Morgan fingerprint density at radius 2 is 2.28 bits per heavy atom. The van der Waals surface area contributed by atoms with Gasteiger partial charge in [0.15, 0.2) is 0 Å². The number of hydrogen-bond donors (Lipinski definition) is 2. The highest BCUT2D eigenvalue weighted by Gasteiger charge is 2.07. The molecule has 2 aromatic rings. The molecule has 0 aliphatic rings. The highest BCUT2D eigenvalue weighted by atomic mass is 15.1. The number of nitrogens with one attached hydrogen (secondary N) is 1. The fraction of sp³-hybridized carbons (Fsp3) is 0.417. The number of aromatic nitrogens is 4. The van der Waals surface area contributed by atoms with Gasteiger partial charge in [-0.3, -0.25) is 0 Å². The first-order chi connectivity index (χ1) is 8.81. The van der Waals surface area contributed by atoms with Crippen molar-refractivity contribution in [2.45, 2.75) is 26.3 Å². The summed E-state index contributed by atoms with van der Waals surface area (Å²) in [5.41, 5.74) is 6.87. The number of imidazole rings is 1. The van der Waals surface area contributed by atoms with Crippen LogP contribution in [0.3, 0.4) is 0 Å². The zero-order valence-electron chi connectivity index (χ0n) is 10.5. The maximum Gasteiger partial charge on any atom is 0.134 e. The minimum atomic E-state index is 0.567. The summed E-state index contributed by atoms with van der Waals surface area (Å²) in [5, 5.41) is 3.30. The average Bonchev–Trinajstić information content (AvgIpc) is 2.86. The fourth-order valence-electron chi connectivity index (χ4n) is 1.80. The lowest BCUT2D eigenvalue weighted by Gasteiger charge is -2.11. The van der Waals surface area contributed by atoms with Gasteiger partial charge in [0.2, 0.25) is 0 Å². The van der Waals surface area contributed by atoms with Gasteiger partial charge in [-0.25, -0.2) is 15.0 Å². The van der Waals surface area contributed by atoms with E-state index in [2.05, 4.69) is 27.2 Å². The number of hydrogen-bond acceptors (Lipinski definition) is 5. The minimum absolute atomic E-state index is 0.567. The Morgan fingerprint density at radius 1 is 1.39 bits per heavy atom. The van der Waals surface area contributed by atoms with E-state index in [1.165, 1.54) is 6.33 Å². The third kappa shape index (κ3) is 2.97. The van der Waals surface area contributed by atoms with Gasteiger partial charge < -0.3 is 15.6 Å². The summed E-state index contributed by atoms with van der Waals surface area (Å²) < 4.78 is 2.01. The van der Waals surface area contributed by atoms with Crippen molar-refractivity contribution in [2.24, 2.45) is 0 Å². The summed E-state index contributed by atoms with van der Waals surface area (Å²) in [7, 11) is 0. The van der Waals surface area contributed by atoms with Crippen LogP contribution in [0.4, 0.5) is 11.6 Å². The van der Waals surface area contributed by atoms with Gasteiger partial charge in [0.1, 0.15) is 18.0 Å². The van der Waals surface area contributed by atoms with Gasteiger partial charge in [0.05, 0.1) is 6.33 Å². The van der Waals surface area contributed by atoms with Crippen molar-refractivity contribution in [1.82, 2.24) is 19.5 Å². The second kappa shape index (κ2) is 6.00. The molecule has 0 saturated carbocycles. The van der Waals surface area contributed by atoms with E-state index >= 15 is 0 Å². The van der Waals surface area contributed by atoms with Crippen LogP contribution < -0.4 is 11.1 Å². The van der Waals surface area contributed by atoms with E-state index in [4.69, 9.17) is 5.73 Å². The number of nitrogen functional groups attached to an aromatic ring is 1.